The van der Waals surface area contributed by atoms with E-state index in [9.17, 15) is 4.79 Å². The lowest BCUT2D eigenvalue weighted by molar-refractivity contribution is -0.132. The molecule has 20 heavy (non-hydrogen) atoms. The third-order valence-corrected chi connectivity index (χ3v) is 4.88. The third-order valence-electron chi connectivity index (χ3n) is 3.98. The summed E-state index contributed by atoms with van der Waals surface area (Å²) in [5.74, 6) is 0.293. The molecule has 1 amide bonds. The van der Waals surface area contributed by atoms with Crippen molar-refractivity contribution in [1.29, 1.82) is 0 Å². The van der Waals surface area contributed by atoms with Gasteiger partial charge in [-0.05, 0) is 31.8 Å². The van der Waals surface area contributed by atoms with Crippen molar-refractivity contribution in [3.8, 4) is 0 Å². The molecule has 5 heteroatoms. The Hall–Kier alpha value is -0.910. The summed E-state index contributed by atoms with van der Waals surface area (Å²) < 4.78 is 0. The molecule has 1 atom stereocenters. The van der Waals surface area contributed by atoms with Gasteiger partial charge in [0.1, 0.15) is 0 Å². The minimum absolute atomic E-state index is 0.293. The summed E-state index contributed by atoms with van der Waals surface area (Å²) in [5.41, 5.74) is 0. The van der Waals surface area contributed by atoms with E-state index in [4.69, 9.17) is 0 Å². The molecule has 1 aliphatic rings. The van der Waals surface area contributed by atoms with Crippen molar-refractivity contribution in [2.75, 3.05) is 39.8 Å². The molecule has 2 heterocycles. The van der Waals surface area contributed by atoms with Crippen molar-refractivity contribution in [3.63, 3.8) is 0 Å². The van der Waals surface area contributed by atoms with Crippen LogP contribution in [0.3, 0.4) is 0 Å². The van der Waals surface area contributed by atoms with E-state index in [-0.39, 0.29) is 0 Å². The number of nitrogens with one attached hydrogen (secondary N) is 1. The van der Waals surface area contributed by atoms with Crippen LogP contribution in [0.1, 0.15) is 18.2 Å². The van der Waals surface area contributed by atoms with Gasteiger partial charge in [-0.1, -0.05) is 6.07 Å². The van der Waals surface area contributed by atoms with Crippen LogP contribution in [0.2, 0.25) is 0 Å². The quantitative estimate of drug-likeness (QED) is 0.862. The molecule has 1 N–H and O–H groups in total. The molecule has 1 aromatic heterocycles. The Balaban J connectivity index is 1.70. The molecule has 112 valence electrons. The first-order valence-corrected chi connectivity index (χ1v) is 8.26. The van der Waals surface area contributed by atoms with Gasteiger partial charge in [0.2, 0.25) is 5.91 Å². The van der Waals surface area contributed by atoms with E-state index >= 15 is 0 Å². The molecule has 2 rings (SSSR count). The molecule has 1 aliphatic heterocycles. The zero-order valence-corrected chi connectivity index (χ0v) is 13.3. The summed E-state index contributed by atoms with van der Waals surface area (Å²) in [4.78, 5) is 17.8. The van der Waals surface area contributed by atoms with Gasteiger partial charge >= 0.3 is 0 Å². The Morgan fingerprint density at radius 2 is 2.25 bits per heavy atom. The fraction of sp³-hybridized carbons (Fsp3) is 0.667. The first-order chi connectivity index (χ1) is 9.66. The number of hydrogen-bond donors (Lipinski definition) is 1. The topological polar surface area (TPSA) is 35.6 Å². The minimum atomic E-state index is 0.293. The molecule has 0 spiro atoms. The second-order valence-corrected chi connectivity index (χ2v) is 6.53. The molecule has 0 radical (unpaired) electrons. The Labute approximate surface area is 125 Å². The van der Waals surface area contributed by atoms with Gasteiger partial charge in [-0.2, -0.15) is 0 Å². The summed E-state index contributed by atoms with van der Waals surface area (Å²) in [6.07, 6.45) is 1.70. The van der Waals surface area contributed by atoms with Crippen LogP contribution in [0.5, 0.6) is 0 Å². The summed E-state index contributed by atoms with van der Waals surface area (Å²) in [6, 6.07) is 4.76. The fourth-order valence-electron chi connectivity index (χ4n) is 2.44. The number of piperazine rings is 1. The number of likely N-dealkylation sites (N-methyl/N-ethyl adjacent to an activating group) is 1. The van der Waals surface area contributed by atoms with E-state index in [2.05, 4.69) is 41.7 Å². The number of thiophene rings is 1. The van der Waals surface area contributed by atoms with Gasteiger partial charge in [-0.3, -0.25) is 4.79 Å². The van der Waals surface area contributed by atoms with Crippen molar-refractivity contribution in [2.24, 2.45) is 0 Å². The highest BCUT2D eigenvalue weighted by Gasteiger charge is 2.17. The first-order valence-electron chi connectivity index (χ1n) is 7.38. The van der Waals surface area contributed by atoms with Gasteiger partial charge < -0.3 is 15.1 Å². The van der Waals surface area contributed by atoms with Gasteiger partial charge in [0.05, 0.1) is 0 Å². The van der Waals surface area contributed by atoms with Gasteiger partial charge in [-0.25, -0.2) is 0 Å². The van der Waals surface area contributed by atoms with Crippen LogP contribution < -0.4 is 5.32 Å². The highest BCUT2D eigenvalue weighted by Crippen LogP contribution is 2.13. The molecule has 0 aromatic carbocycles. The lowest BCUT2D eigenvalue weighted by Crippen LogP contribution is -2.47. The standard InChI is InChI=1S/C15H25N3OS/c1-13(12-14-4-3-11-20-14)17(2)8-5-15(19)18-9-6-16-7-10-18/h3-4,11,13,16H,5-10,12H2,1-2H3. The van der Waals surface area contributed by atoms with Crippen LogP contribution in [-0.2, 0) is 11.2 Å². The predicted octanol–water partition coefficient (Wildman–Crippen LogP) is 1.43. The lowest BCUT2D eigenvalue weighted by Gasteiger charge is -2.29. The summed E-state index contributed by atoms with van der Waals surface area (Å²) >= 11 is 1.81. The van der Waals surface area contributed by atoms with Crippen LogP contribution in [0.25, 0.3) is 0 Å². The molecule has 1 saturated heterocycles. The second kappa shape index (κ2) is 7.76. The third kappa shape index (κ3) is 4.58. The van der Waals surface area contributed by atoms with Crippen molar-refractivity contribution in [2.45, 2.75) is 25.8 Å². The highest BCUT2D eigenvalue weighted by molar-refractivity contribution is 7.09. The van der Waals surface area contributed by atoms with E-state index in [1.165, 1.54) is 4.88 Å². The Morgan fingerprint density at radius 1 is 1.50 bits per heavy atom. The van der Waals surface area contributed by atoms with Crippen molar-refractivity contribution in [3.05, 3.63) is 22.4 Å². The van der Waals surface area contributed by atoms with E-state index in [0.717, 1.165) is 39.1 Å². The Morgan fingerprint density at radius 3 is 2.90 bits per heavy atom. The predicted molar refractivity (Wildman–Crippen MR) is 84.2 cm³/mol. The van der Waals surface area contributed by atoms with Gasteiger partial charge in [0, 0.05) is 50.1 Å². The zero-order chi connectivity index (χ0) is 14.4. The fourth-order valence-corrected chi connectivity index (χ4v) is 3.27. The van der Waals surface area contributed by atoms with Crippen LogP contribution >= 0.6 is 11.3 Å². The van der Waals surface area contributed by atoms with E-state index < -0.39 is 0 Å². The molecule has 0 aliphatic carbocycles. The molecule has 4 nitrogen and oxygen atoms in total. The molecule has 1 fully saturated rings. The second-order valence-electron chi connectivity index (χ2n) is 5.49. The molecular formula is C15H25N3OS. The smallest absolute Gasteiger partial charge is 0.223 e. The molecule has 1 aromatic rings. The van der Waals surface area contributed by atoms with E-state index in [1.54, 1.807) is 11.3 Å². The van der Waals surface area contributed by atoms with Gasteiger partial charge in [0.25, 0.3) is 0 Å². The molecule has 1 unspecified atom stereocenters. The van der Waals surface area contributed by atoms with E-state index in [1.807, 2.05) is 4.90 Å². The highest BCUT2D eigenvalue weighted by atomic mass is 32.1. The Kier molecular flexibility index (Phi) is 6.01. The lowest BCUT2D eigenvalue weighted by atomic mass is 10.1. The van der Waals surface area contributed by atoms with Crippen LogP contribution in [0.15, 0.2) is 17.5 Å². The number of nitrogens with zero attached hydrogens (tertiary/aromatic N) is 2. The van der Waals surface area contributed by atoms with Crippen LogP contribution in [0.4, 0.5) is 0 Å². The maximum absolute atomic E-state index is 12.1. The number of rotatable bonds is 6. The average molecular weight is 295 g/mol. The largest absolute Gasteiger partial charge is 0.340 e. The number of hydrogen-bond acceptors (Lipinski definition) is 4. The van der Waals surface area contributed by atoms with Crippen molar-refractivity contribution in [1.82, 2.24) is 15.1 Å². The average Bonchev–Trinajstić information content (AvgIpc) is 2.98. The normalized spacial score (nSPS) is 17.4. The summed E-state index contributed by atoms with van der Waals surface area (Å²) in [7, 11) is 2.11. The SMILES string of the molecule is CC(Cc1cccs1)N(C)CCC(=O)N1CCNCC1. The van der Waals surface area contributed by atoms with Gasteiger partial charge in [0.15, 0.2) is 0 Å². The maximum Gasteiger partial charge on any atom is 0.223 e. The minimum Gasteiger partial charge on any atom is -0.340 e. The summed E-state index contributed by atoms with van der Waals surface area (Å²) in [6.45, 7) is 6.64. The molecular weight excluding hydrogens is 270 g/mol. The number of carbonyl (C=O) groups is 1. The van der Waals surface area contributed by atoms with Crippen molar-refractivity contribution >= 4 is 17.2 Å². The van der Waals surface area contributed by atoms with E-state index in [0.29, 0.717) is 18.4 Å². The first kappa shape index (κ1) is 15.5. The number of carbonyl (C=O) groups excluding carboxylic acids is 1. The molecule has 0 bridgehead atoms. The number of amides is 1. The van der Waals surface area contributed by atoms with Crippen LogP contribution in [0, 0.1) is 0 Å². The maximum atomic E-state index is 12.1. The zero-order valence-electron chi connectivity index (χ0n) is 12.5. The summed E-state index contributed by atoms with van der Waals surface area (Å²) in [5, 5.41) is 5.40. The van der Waals surface area contributed by atoms with Crippen LogP contribution in [-0.4, -0.2) is 61.5 Å². The molecule has 0 saturated carbocycles. The van der Waals surface area contributed by atoms with Gasteiger partial charge in [-0.15, -0.1) is 11.3 Å². The van der Waals surface area contributed by atoms with Crippen molar-refractivity contribution < 1.29 is 4.79 Å². The Bertz CT molecular complexity index is 401. The monoisotopic (exact) mass is 295 g/mol.